The van der Waals surface area contributed by atoms with Gasteiger partial charge in [0.2, 0.25) is 0 Å². The number of aliphatic hydroxyl groups excluding tert-OH is 1. The Morgan fingerprint density at radius 1 is 1.11 bits per heavy atom. The van der Waals surface area contributed by atoms with Gasteiger partial charge in [0.1, 0.15) is 0 Å². The Bertz CT molecular complexity index is 308. The molecule has 0 aliphatic carbocycles. The zero-order chi connectivity index (χ0) is 13.2. The molecule has 102 valence electrons. The fraction of sp³-hybridized carbons (Fsp3) is 0.600. The molecule has 0 saturated carbocycles. The van der Waals surface area contributed by atoms with Crippen molar-refractivity contribution in [1.29, 1.82) is 0 Å². The Morgan fingerprint density at radius 3 is 2.44 bits per heavy atom. The molecule has 0 heterocycles. The first-order valence-corrected chi connectivity index (χ1v) is 6.52. The van der Waals surface area contributed by atoms with E-state index in [0.717, 1.165) is 26.1 Å². The van der Waals surface area contributed by atoms with Crippen LogP contribution in [0.3, 0.4) is 0 Å². The van der Waals surface area contributed by atoms with Crippen molar-refractivity contribution in [2.24, 2.45) is 0 Å². The van der Waals surface area contributed by atoms with Gasteiger partial charge < -0.3 is 14.6 Å². The molecule has 0 aliphatic rings. The second kappa shape index (κ2) is 9.09. The Hall–Kier alpha value is -0.900. The van der Waals surface area contributed by atoms with E-state index in [9.17, 15) is 5.11 Å². The first-order chi connectivity index (χ1) is 8.77. The summed E-state index contributed by atoms with van der Waals surface area (Å²) >= 11 is 0. The average Bonchev–Trinajstić information content (AvgIpc) is 2.39. The average molecular weight is 252 g/mol. The number of aliphatic hydroxyl groups is 1. The first-order valence-electron chi connectivity index (χ1n) is 6.52. The lowest BCUT2D eigenvalue weighted by atomic mass is 9.96. The number of hydrogen-bond acceptors (Lipinski definition) is 3. The van der Waals surface area contributed by atoms with Crippen molar-refractivity contribution in [1.82, 2.24) is 0 Å². The highest BCUT2D eigenvalue weighted by Crippen LogP contribution is 2.19. The van der Waals surface area contributed by atoms with Crippen LogP contribution in [0.5, 0.6) is 0 Å². The monoisotopic (exact) mass is 252 g/mol. The predicted molar refractivity (Wildman–Crippen MR) is 72.9 cm³/mol. The molecule has 0 spiro atoms. The lowest BCUT2D eigenvalue weighted by Crippen LogP contribution is -2.09. The fourth-order valence-corrected chi connectivity index (χ4v) is 1.83. The minimum Gasteiger partial charge on any atom is -0.396 e. The molecule has 18 heavy (non-hydrogen) atoms. The van der Waals surface area contributed by atoms with Gasteiger partial charge in [0, 0.05) is 32.8 Å². The Kier molecular flexibility index (Phi) is 7.65. The molecule has 0 aliphatic heterocycles. The summed E-state index contributed by atoms with van der Waals surface area (Å²) in [6.07, 6.45) is 1.78. The highest BCUT2D eigenvalue weighted by atomic mass is 16.5. The third-order valence-electron chi connectivity index (χ3n) is 3.02. The van der Waals surface area contributed by atoms with Crippen LogP contribution in [0.15, 0.2) is 24.3 Å². The van der Waals surface area contributed by atoms with Crippen LogP contribution in [-0.2, 0) is 9.47 Å². The Balaban J connectivity index is 2.27. The van der Waals surface area contributed by atoms with E-state index in [1.54, 1.807) is 7.11 Å². The summed E-state index contributed by atoms with van der Waals surface area (Å²) in [5.41, 5.74) is 2.43. The maximum Gasteiger partial charge on any atom is 0.0500 e. The molecular formula is C15H24O3. The van der Waals surface area contributed by atoms with Crippen molar-refractivity contribution in [3.8, 4) is 0 Å². The first kappa shape index (κ1) is 15.2. The lowest BCUT2D eigenvalue weighted by Gasteiger charge is -2.15. The highest BCUT2D eigenvalue weighted by molar-refractivity contribution is 5.24. The van der Waals surface area contributed by atoms with E-state index >= 15 is 0 Å². The fourth-order valence-electron chi connectivity index (χ4n) is 1.83. The van der Waals surface area contributed by atoms with Gasteiger partial charge in [-0.15, -0.1) is 0 Å². The standard InChI is InChI=1S/C15H24O3/c1-13-4-6-14(7-5-13)15(12-16)8-11-18-10-3-9-17-2/h4-7,15-16H,3,8-12H2,1-2H3. The van der Waals surface area contributed by atoms with Gasteiger partial charge in [0.05, 0.1) is 6.61 Å². The molecule has 3 nitrogen and oxygen atoms in total. The zero-order valence-corrected chi connectivity index (χ0v) is 11.4. The van der Waals surface area contributed by atoms with E-state index in [4.69, 9.17) is 9.47 Å². The van der Waals surface area contributed by atoms with Crippen LogP contribution in [0.25, 0.3) is 0 Å². The van der Waals surface area contributed by atoms with E-state index in [-0.39, 0.29) is 12.5 Å². The molecule has 0 saturated heterocycles. The van der Waals surface area contributed by atoms with Gasteiger partial charge in [-0.1, -0.05) is 29.8 Å². The van der Waals surface area contributed by atoms with Crippen molar-refractivity contribution in [2.45, 2.75) is 25.7 Å². The molecule has 1 rings (SSSR count). The second-order valence-corrected chi connectivity index (χ2v) is 4.54. The van der Waals surface area contributed by atoms with Crippen LogP contribution in [0.4, 0.5) is 0 Å². The number of hydrogen-bond donors (Lipinski definition) is 1. The van der Waals surface area contributed by atoms with E-state index in [0.29, 0.717) is 6.61 Å². The molecular weight excluding hydrogens is 228 g/mol. The van der Waals surface area contributed by atoms with Crippen molar-refractivity contribution in [2.75, 3.05) is 33.5 Å². The Labute approximate surface area is 110 Å². The minimum atomic E-state index is 0.171. The summed E-state index contributed by atoms with van der Waals surface area (Å²) in [5.74, 6) is 0.174. The summed E-state index contributed by atoms with van der Waals surface area (Å²) in [6, 6.07) is 8.33. The van der Waals surface area contributed by atoms with Gasteiger partial charge in [0.25, 0.3) is 0 Å². The number of benzene rings is 1. The van der Waals surface area contributed by atoms with E-state index in [1.807, 2.05) is 0 Å². The summed E-state index contributed by atoms with van der Waals surface area (Å²) < 4.78 is 10.5. The minimum absolute atomic E-state index is 0.171. The molecule has 0 amide bonds. The van der Waals surface area contributed by atoms with Crippen molar-refractivity contribution < 1.29 is 14.6 Å². The number of ether oxygens (including phenoxy) is 2. The van der Waals surface area contributed by atoms with Crippen LogP contribution in [0, 0.1) is 6.92 Å². The van der Waals surface area contributed by atoms with E-state index in [2.05, 4.69) is 31.2 Å². The molecule has 1 aromatic rings. The van der Waals surface area contributed by atoms with Crippen molar-refractivity contribution in [3.63, 3.8) is 0 Å². The van der Waals surface area contributed by atoms with Gasteiger partial charge in [-0.3, -0.25) is 0 Å². The molecule has 0 aromatic heterocycles. The van der Waals surface area contributed by atoms with Gasteiger partial charge in [-0.2, -0.15) is 0 Å². The van der Waals surface area contributed by atoms with Gasteiger partial charge in [-0.05, 0) is 25.3 Å². The van der Waals surface area contributed by atoms with Crippen molar-refractivity contribution in [3.05, 3.63) is 35.4 Å². The summed E-state index contributed by atoms with van der Waals surface area (Å²) in [6.45, 7) is 4.38. The highest BCUT2D eigenvalue weighted by Gasteiger charge is 2.09. The molecule has 0 bridgehead atoms. The Morgan fingerprint density at radius 2 is 1.83 bits per heavy atom. The van der Waals surface area contributed by atoms with E-state index in [1.165, 1.54) is 11.1 Å². The molecule has 3 heteroatoms. The molecule has 0 fully saturated rings. The summed E-state index contributed by atoms with van der Waals surface area (Å²) in [4.78, 5) is 0. The molecule has 1 atom stereocenters. The SMILES string of the molecule is COCCCOCCC(CO)c1ccc(C)cc1. The second-order valence-electron chi connectivity index (χ2n) is 4.54. The lowest BCUT2D eigenvalue weighted by molar-refractivity contribution is 0.0937. The molecule has 0 radical (unpaired) electrons. The van der Waals surface area contributed by atoms with Crippen LogP contribution in [-0.4, -0.2) is 38.6 Å². The van der Waals surface area contributed by atoms with Crippen LogP contribution in [0.2, 0.25) is 0 Å². The maximum atomic E-state index is 9.41. The topological polar surface area (TPSA) is 38.7 Å². The predicted octanol–water partition coefficient (Wildman–Crippen LogP) is 2.51. The summed E-state index contributed by atoms with van der Waals surface area (Å²) in [7, 11) is 1.69. The number of methoxy groups -OCH3 is 1. The van der Waals surface area contributed by atoms with Crippen LogP contribution >= 0.6 is 0 Å². The van der Waals surface area contributed by atoms with Crippen LogP contribution in [0.1, 0.15) is 29.9 Å². The van der Waals surface area contributed by atoms with Gasteiger partial charge in [0.15, 0.2) is 0 Å². The third-order valence-corrected chi connectivity index (χ3v) is 3.02. The molecule has 1 N–H and O–H groups in total. The molecule has 1 unspecified atom stereocenters. The number of aryl methyl sites for hydroxylation is 1. The quantitative estimate of drug-likeness (QED) is 0.686. The van der Waals surface area contributed by atoms with E-state index < -0.39 is 0 Å². The maximum absolute atomic E-state index is 9.41. The van der Waals surface area contributed by atoms with Crippen LogP contribution < -0.4 is 0 Å². The third kappa shape index (κ3) is 5.63. The largest absolute Gasteiger partial charge is 0.396 e. The zero-order valence-electron chi connectivity index (χ0n) is 11.4. The summed E-state index contributed by atoms with van der Waals surface area (Å²) in [5, 5.41) is 9.41. The van der Waals surface area contributed by atoms with Gasteiger partial charge in [-0.25, -0.2) is 0 Å². The smallest absolute Gasteiger partial charge is 0.0500 e. The number of rotatable bonds is 9. The van der Waals surface area contributed by atoms with Gasteiger partial charge >= 0.3 is 0 Å². The molecule has 1 aromatic carbocycles. The normalized spacial score (nSPS) is 12.6. The van der Waals surface area contributed by atoms with Crippen molar-refractivity contribution >= 4 is 0 Å².